The Labute approximate surface area is 154 Å². The molecule has 2 aromatic rings. The van der Waals surface area contributed by atoms with E-state index in [-0.39, 0.29) is 22.9 Å². The summed E-state index contributed by atoms with van der Waals surface area (Å²) in [7, 11) is 0. The van der Waals surface area contributed by atoms with Crippen molar-refractivity contribution in [1.82, 2.24) is 10.6 Å². The highest BCUT2D eigenvalue weighted by molar-refractivity contribution is 8.00. The van der Waals surface area contributed by atoms with Crippen molar-refractivity contribution < 1.29 is 14.0 Å². The fourth-order valence-corrected chi connectivity index (χ4v) is 4.52. The molecule has 2 heterocycles. The van der Waals surface area contributed by atoms with Gasteiger partial charge in [-0.25, -0.2) is 4.39 Å². The van der Waals surface area contributed by atoms with Crippen LogP contribution in [0.5, 0.6) is 0 Å². The highest BCUT2D eigenvalue weighted by Crippen LogP contribution is 2.23. The Kier molecular flexibility index (Phi) is 6.09. The van der Waals surface area contributed by atoms with Gasteiger partial charge in [0.1, 0.15) is 11.9 Å². The van der Waals surface area contributed by atoms with E-state index >= 15 is 0 Å². The highest BCUT2D eigenvalue weighted by atomic mass is 32.2. The molecule has 0 aliphatic carbocycles. The highest BCUT2D eigenvalue weighted by Gasteiger charge is 2.32. The lowest BCUT2D eigenvalue weighted by molar-refractivity contribution is -0.128. The summed E-state index contributed by atoms with van der Waals surface area (Å²) in [6.07, 6.45) is 1.11. The normalized spacial score (nSPS) is 20.1. The number of amides is 2. The third-order valence-corrected chi connectivity index (χ3v) is 6.25. The molecule has 132 valence electrons. The predicted molar refractivity (Wildman–Crippen MR) is 99.3 cm³/mol. The second kappa shape index (κ2) is 8.49. The summed E-state index contributed by atoms with van der Waals surface area (Å²) >= 11 is 3.06. The molecule has 0 spiro atoms. The molecule has 0 bridgehead atoms. The van der Waals surface area contributed by atoms with Crippen LogP contribution in [0.1, 0.15) is 10.4 Å². The summed E-state index contributed by atoms with van der Waals surface area (Å²) in [4.78, 5) is 25.7. The zero-order chi connectivity index (χ0) is 17.6. The molecule has 0 unspecified atom stereocenters. The first-order chi connectivity index (χ1) is 12.1. The molecule has 2 amide bonds. The minimum atomic E-state index is -0.530. The van der Waals surface area contributed by atoms with Crippen LogP contribution in [-0.4, -0.2) is 35.4 Å². The average molecular weight is 378 g/mol. The molecule has 2 atom stereocenters. The molecule has 1 saturated heterocycles. The van der Waals surface area contributed by atoms with Gasteiger partial charge in [0.15, 0.2) is 0 Å². The van der Waals surface area contributed by atoms with Crippen molar-refractivity contribution in [1.29, 1.82) is 0 Å². The zero-order valence-corrected chi connectivity index (χ0v) is 15.2. The maximum Gasteiger partial charge on any atom is 0.243 e. The maximum atomic E-state index is 13.7. The first-order valence-corrected chi connectivity index (χ1v) is 10.0. The summed E-state index contributed by atoms with van der Waals surface area (Å²) in [6, 6.07) is 9.95. The van der Waals surface area contributed by atoms with E-state index < -0.39 is 6.04 Å². The van der Waals surface area contributed by atoms with Crippen molar-refractivity contribution in [3.8, 4) is 0 Å². The molecular weight excluding hydrogens is 359 g/mol. The number of thiophene rings is 1. The first-order valence-electron chi connectivity index (χ1n) is 8.09. The second-order valence-electron chi connectivity index (χ2n) is 5.80. The Hall–Kier alpha value is -1.86. The van der Waals surface area contributed by atoms with Gasteiger partial charge in [-0.05, 0) is 35.9 Å². The molecule has 3 rings (SSSR count). The van der Waals surface area contributed by atoms with Gasteiger partial charge in [-0.15, -0.1) is 23.1 Å². The number of nitrogens with one attached hydrogen (secondary N) is 2. The van der Waals surface area contributed by atoms with E-state index in [0.717, 1.165) is 6.42 Å². The van der Waals surface area contributed by atoms with Crippen LogP contribution in [0.25, 0.3) is 0 Å². The number of halogens is 1. The molecule has 1 aromatic carbocycles. The number of carbonyl (C=O) groups excluding carboxylic acids is 2. The maximum absolute atomic E-state index is 13.7. The number of hydrogen-bond acceptors (Lipinski definition) is 4. The minimum Gasteiger partial charge on any atom is -0.354 e. The van der Waals surface area contributed by atoms with E-state index in [9.17, 15) is 14.0 Å². The number of hydrogen-bond donors (Lipinski definition) is 2. The molecule has 2 N–H and O–H groups in total. The van der Waals surface area contributed by atoms with Crippen LogP contribution in [0.15, 0.2) is 41.8 Å². The fraction of sp³-hybridized carbons (Fsp3) is 0.333. The van der Waals surface area contributed by atoms with E-state index in [1.165, 1.54) is 22.7 Å². The quantitative estimate of drug-likeness (QED) is 0.812. The first kappa shape index (κ1) is 17.9. The van der Waals surface area contributed by atoms with Crippen molar-refractivity contribution in [2.24, 2.45) is 0 Å². The Morgan fingerprint density at radius 3 is 2.84 bits per heavy atom. The van der Waals surface area contributed by atoms with Gasteiger partial charge in [0.05, 0.1) is 5.25 Å². The van der Waals surface area contributed by atoms with Gasteiger partial charge in [0.25, 0.3) is 0 Å². The van der Waals surface area contributed by atoms with Crippen LogP contribution in [0, 0.1) is 5.82 Å². The predicted octanol–water partition coefficient (Wildman–Crippen LogP) is 2.39. The lowest BCUT2D eigenvalue weighted by Gasteiger charge is -2.28. The van der Waals surface area contributed by atoms with Gasteiger partial charge in [-0.3, -0.25) is 9.59 Å². The lowest BCUT2D eigenvalue weighted by atomic mass is 10.1. The zero-order valence-electron chi connectivity index (χ0n) is 13.5. The summed E-state index contributed by atoms with van der Waals surface area (Å²) < 4.78 is 13.7. The summed E-state index contributed by atoms with van der Waals surface area (Å²) in [6.45, 7) is 0.551. The molecule has 0 radical (unpaired) electrons. The van der Waals surface area contributed by atoms with Crippen LogP contribution < -0.4 is 10.6 Å². The number of carbonyl (C=O) groups is 2. The van der Waals surface area contributed by atoms with E-state index in [4.69, 9.17) is 0 Å². The van der Waals surface area contributed by atoms with Crippen molar-refractivity contribution in [2.75, 3.05) is 12.3 Å². The third-order valence-electron chi connectivity index (χ3n) is 4.00. The van der Waals surface area contributed by atoms with Crippen molar-refractivity contribution in [3.05, 3.63) is 58.0 Å². The summed E-state index contributed by atoms with van der Waals surface area (Å²) in [5.74, 6) is -0.181. The molecule has 4 nitrogen and oxygen atoms in total. The molecule has 1 aromatic heterocycles. The summed E-state index contributed by atoms with van der Waals surface area (Å²) in [5, 5.41) is 7.26. The third kappa shape index (κ3) is 4.83. The second-order valence-corrected chi connectivity index (χ2v) is 8.07. The van der Waals surface area contributed by atoms with Crippen LogP contribution in [0.3, 0.4) is 0 Å². The number of rotatable bonds is 6. The van der Waals surface area contributed by atoms with Crippen LogP contribution in [0.2, 0.25) is 0 Å². The van der Waals surface area contributed by atoms with Crippen molar-refractivity contribution in [2.45, 2.75) is 24.1 Å². The fourth-order valence-electron chi connectivity index (χ4n) is 2.64. The Bertz CT molecular complexity index is 736. The minimum absolute atomic E-state index is 0.165. The molecule has 1 aliphatic heterocycles. The Morgan fingerprint density at radius 1 is 1.28 bits per heavy atom. The molecule has 1 fully saturated rings. The number of thioether (sulfide) groups is 1. The molecule has 7 heteroatoms. The van der Waals surface area contributed by atoms with Gasteiger partial charge < -0.3 is 10.6 Å². The summed E-state index contributed by atoms with van der Waals surface area (Å²) in [5.41, 5.74) is 0.522. The number of benzene rings is 1. The van der Waals surface area contributed by atoms with Crippen molar-refractivity contribution in [3.63, 3.8) is 0 Å². The molecule has 1 aliphatic rings. The van der Waals surface area contributed by atoms with Gasteiger partial charge in [-0.2, -0.15) is 0 Å². The van der Waals surface area contributed by atoms with Gasteiger partial charge in [0, 0.05) is 17.2 Å². The molecule has 25 heavy (non-hydrogen) atoms. The Balaban J connectivity index is 1.47. The van der Waals surface area contributed by atoms with E-state index in [1.807, 2.05) is 17.5 Å². The van der Waals surface area contributed by atoms with Crippen LogP contribution in [-0.2, 0) is 22.4 Å². The van der Waals surface area contributed by atoms with E-state index in [2.05, 4.69) is 10.6 Å². The Morgan fingerprint density at radius 2 is 2.12 bits per heavy atom. The molecule has 0 saturated carbocycles. The van der Waals surface area contributed by atoms with Gasteiger partial charge in [0.2, 0.25) is 11.8 Å². The van der Waals surface area contributed by atoms with Crippen molar-refractivity contribution >= 4 is 34.9 Å². The SMILES string of the molecule is O=C(NCCc1cccs1)[C@@H]1CS[C@H](Cc2ccccc2F)C(=O)N1. The van der Waals surface area contributed by atoms with E-state index in [1.54, 1.807) is 29.5 Å². The monoisotopic (exact) mass is 378 g/mol. The standard InChI is InChI=1S/C18H19FN2O2S2/c19-14-6-2-1-4-12(14)10-16-18(23)21-15(11-25-16)17(22)20-8-7-13-5-3-9-24-13/h1-6,9,15-16H,7-8,10-11H2,(H,20,22)(H,21,23)/t15-,16+/m0/s1. The van der Waals surface area contributed by atoms with E-state index in [0.29, 0.717) is 24.3 Å². The lowest BCUT2D eigenvalue weighted by Crippen LogP contribution is -2.54. The van der Waals surface area contributed by atoms with Gasteiger partial charge in [-0.1, -0.05) is 24.3 Å². The molecular formula is C18H19FN2O2S2. The topological polar surface area (TPSA) is 58.2 Å². The average Bonchev–Trinajstić information content (AvgIpc) is 3.12. The smallest absolute Gasteiger partial charge is 0.243 e. The van der Waals surface area contributed by atoms with Gasteiger partial charge >= 0.3 is 0 Å². The van der Waals surface area contributed by atoms with Crippen LogP contribution >= 0.6 is 23.1 Å². The largest absolute Gasteiger partial charge is 0.354 e. The van der Waals surface area contributed by atoms with Crippen LogP contribution in [0.4, 0.5) is 4.39 Å².